The van der Waals surface area contributed by atoms with Crippen molar-refractivity contribution in [1.82, 2.24) is 0 Å². The SMILES string of the molecule is CC=CC1=C(OC)C(=O)C(OC)=C(OC)C1=O. The lowest BCUT2D eigenvalue weighted by atomic mass is 9.98. The quantitative estimate of drug-likeness (QED) is 0.687. The summed E-state index contributed by atoms with van der Waals surface area (Å²) < 4.78 is 14.7. The number of allylic oxidation sites excluding steroid dienone is 3. The Morgan fingerprint density at radius 1 is 0.824 bits per heavy atom. The standard InChI is InChI=1S/C12H14O5/c1-5-6-7-8(13)11(16-3)12(17-4)9(14)10(7)15-2/h5-6H,1-4H3. The third-order valence-corrected chi connectivity index (χ3v) is 2.26. The van der Waals surface area contributed by atoms with E-state index in [0.717, 1.165) is 0 Å². The van der Waals surface area contributed by atoms with Gasteiger partial charge in [-0.05, 0) is 6.92 Å². The van der Waals surface area contributed by atoms with Crippen molar-refractivity contribution in [2.24, 2.45) is 0 Å². The van der Waals surface area contributed by atoms with Crippen molar-refractivity contribution in [2.75, 3.05) is 21.3 Å². The first-order chi connectivity index (χ1) is 8.12. The first-order valence-electron chi connectivity index (χ1n) is 4.94. The summed E-state index contributed by atoms with van der Waals surface area (Å²) >= 11 is 0. The van der Waals surface area contributed by atoms with Crippen molar-refractivity contribution >= 4 is 11.6 Å². The number of rotatable bonds is 4. The number of hydrogen-bond acceptors (Lipinski definition) is 5. The molecule has 1 aliphatic rings. The van der Waals surface area contributed by atoms with E-state index in [4.69, 9.17) is 14.2 Å². The molecule has 0 spiro atoms. The van der Waals surface area contributed by atoms with Gasteiger partial charge in [-0.3, -0.25) is 9.59 Å². The van der Waals surface area contributed by atoms with Gasteiger partial charge in [0.2, 0.25) is 17.3 Å². The number of carbonyl (C=O) groups is 2. The molecule has 0 saturated carbocycles. The number of Topliss-reactive ketones (excluding diaryl/α,β-unsaturated/α-hetero) is 2. The Bertz CT molecular complexity index is 440. The van der Waals surface area contributed by atoms with E-state index >= 15 is 0 Å². The molecule has 0 aromatic carbocycles. The fraction of sp³-hybridized carbons (Fsp3) is 0.333. The minimum absolute atomic E-state index is 0.0363. The van der Waals surface area contributed by atoms with Crippen LogP contribution in [-0.2, 0) is 23.8 Å². The van der Waals surface area contributed by atoms with Gasteiger partial charge in [-0.15, -0.1) is 0 Å². The average Bonchev–Trinajstić information content (AvgIpc) is 2.33. The van der Waals surface area contributed by atoms with Gasteiger partial charge in [-0.1, -0.05) is 12.2 Å². The third kappa shape index (κ3) is 2.08. The molecule has 1 aliphatic carbocycles. The van der Waals surface area contributed by atoms with Gasteiger partial charge in [0.15, 0.2) is 5.76 Å². The van der Waals surface area contributed by atoms with Crippen LogP contribution in [0.1, 0.15) is 6.92 Å². The van der Waals surface area contributed by atoms with Crippen molar-refractivity contribution in [1.29, 1.82) is 0 Å². The Balaban J connectivity index is 3.41. The summed E-state index contributed by atoms with van der Waals surface area (Å²) in [4.78, 5) is 24.0. The van der Waals surface area contributed by atoms with Gasteiger partial charge in [-0.2, -0.15) is 0 Å². The molecule has 0 atom stereocenters. The van der Waals surface area contributed by atoms with Crippen LogP contribution >= 0.6 is 0 Å². The van der Waals surface area contributed by atoms with Gasteiger partial charge < -0.3 is 14.2 Å². The zero-order valence-electron chi connectivity index (χ0n) is 10.2. The van der Waals surface area contributed by atoms with E-state index in [0.29, 0.717) is 0 Å². The van der Waals surface area contributed by atoms with Gasteiger partial charge >= 0.3 is 0 Å². The largest absolute Gasteiger partial charge is 0.492 e. The highest BCUT2D eigenvalue weighted by atomic mass is 16.5. The van der Waals surface area contributed by atoms with E-state index in [2.05, 4.69) is 0 Å². The third-order valence-electron chi connectivity index (χ3n) is 2.26. The summed E-state index contributed by atoms with van der Waals surface area (Å²) in [6, 6.07) is 0. The fourth-order valence-electron chi connectivity index (χ4n) is 1.55. The molecule has 5 nitrogen and oxygen atoms in total. The fourth-order valence-corrected chi connectivity index (χ4v) is 1.55. The molecule has 0 radical (unpaired) electrons. The Hall–Kier alpha value is -2.04. The molecule has 0 saturated heterocycles. The van der Waals surface area contributed by atoms with E-state index in [1.165, 1.54) is 27.4 Å². The van der Waals surface area contributed by atoms with E-state index < -0.39 is 11.6 Å². The topological polar surface area (TPSA) is 61.8 Å². The zero-order valence-corrected chi connectivity index (χ0v) is 10.2. The minimum Gasteiger partial charge on any atom is -0.492 e. The number of carbonyl (C=O) groups excluding carboxylic acids is 2. The van der Waals surface area contributed by atoms with Crippen molar-refractivity contribution in [3.05, 3.63) is 35.0 Å². The van der Waals surface area contributed by atoms with E-state index in [1.54, 1.807) is 13.0 Å². The molecule has 0 heterocycles. The first kappa shape index (κ1) is 13.0. The predicted octanol–water partition coefficient (Wildman–Crippen LogP) is 1.12. The Morgan fingerprint density at radius 2 is 1.29 bits per heavy atom. The van der Waals surface area contributed by atoms with Crippen LogP contribution in [0.2, 0.25) is 0 Å². The highest BCUT2D eigenvalue weighted by molar-refractivity contribution is 6.23. The molecule has 1 rings (SSSR count). The van der Waals surface area contributed by atoms with Gasteiger partial charge in [-0.25, -0.2) is 0 Å². The molecule has 0 bridgehead atoms. The van der Waals surface area contributed by atoms with E-state index in [9.17, 15) is 9.59 Å². The second kappa shape index (κ2) is 5.34. The molecule has 0 amide bonds. The molecular formula is C12H14O5. The Labute approximate surface area is 99.3 Å². The van der Waals surface area contributed by atoms with Crippen LogP contribution in [0, 0.1) is 0 Å². The molecule has 0 aromatic rings. The van der Waals surface area contributed by atoms with Crippen LogP contribution in [0.4, 0.5) is 0 Å². The molecule has 92 valence electrons. The van der Waals surface area contributed by atoms with Gasteiger partial charge in [0.05, 0.1) is 26.9 Å². The number of ketones is 2. The highest BCUT2D eigenvalue weighted by Crippen LogP contribution is 2.26. The molecular weight excluding hydrogens is 224 g/mol. The smallest absolute Gasteiger partial charge is 0.266 e. The first-order valence-corrected chi connectivity index (χ1v) is 4.94. The molecule has 0 N–H and O–H groups in total. The maximum absolute atomic E-state index is 12.0. The summed E-state index contributed by atoms with van der Waals surface area (Å²) in [5, 5.41) is 0. The number of hydrogen-bond donors (Lipinski definition) is 0. The maximum atomic E-state index is 12.0. The van der Waals surface area contributed by atoms with Crippen molar-refractivity contribution in [3.8, 4) is 0 Å². The number of methoxy groups -OCH3 is 3. The van der Waals surface area contributed by atoms with Gasteiger partial charge in [0, 0.05) is 0 Å². The lowest BCUT2D eigenvalue weighted by Gasteiger charge is -2.19. The highest BCUT2D eigenvalue weighted by Gasteiger charge is 2.36. The number of ether oxygens (including phenoxy) is 3. The second-order valence-corrected chi connectivity index (χ2v) is 3.17. The second-order valence-electron chi connectivity index (χ2n) is 3.17. The molecule has 0 unspecified atom stereocenters. The van der Waals surface area contributed by atoms with E-state index in [1.807, 2.05) is 0 Å². The monoisotopic (exact) mass is 238 g/mol. The summed E-state index contributed by atoms with van der Waals surface area (Å²) in [5.41, 5.74) is 0.164. The Kier molecular flexibility index (Phi) is 4.09. The minimum atomic E-state index is -0.500. The normalized spacial score (nSPS) is 16.9. The lowest BCUT2D eigenvalue weighted by Crippen LogP contribution is -2.26. The maximum Gasteiger partial charge on any atom is 0.266 e. The van der Waals surface area contributed by atoms with Crippen LogP contribution in [0.15, 0.2) is 35.0 Å². The summed E-state index contributed by atoms with van der Waals surface area (Å²) in [5.74, 6) is -1.21. The molecule has 17 heavy (non-hydrogen) atoms. The summed E-state index contributed by atoms with van der Waals surface area (Å²) in [7, 11) is 3.94. The zero-order chi connectivity index (χ0) is 13.0. The van der Waals surface area contributed by atoms with Crippen LogP contribution in [0.3, 0.4) is 0 Å². The lowest BCUT2D eigenvalue weighted by molar-refractivity contribution is -0.123. The van der Waals surface area contributed by atoms with Crippen molar-refractivity contribution in [2.45, 2.75) is 6.92 Å². The molecule has 5 heteroatoms. The Morgan fingerprint density at radius 3 is 1.71 bits per heavy atom. The van der Waals surface area contributed by atoms with E-state index in [-0.39, 0.29) is 22.9 Å². The van der Waals surface area contributed by atoms with Crippen LogP contribution in [0.5, 0.6) is 0 Å². The van der Waals surface area contributed by atoms with Crippen molar-refractivity contribution < 1.29 is 23.8 Å². The predicted molar refractivity (Wildman–Crippen MR) is 59.9 cm³/mol. The molecule has 0 fully saturated rings. The van der Waals surface area contributed by atoms with Crippen LogP contribution in [-0.4, -0.2) is 32.9 Å². The molecule has 0 aromatic heterocycles. The van der Waals surface area contributed by atoms with Gasteiger partial charge in [0.25, 0.3) is 5.78 Å². The van der Waals surface area contributed by atoms with Crippen LogP contribution < -0.4 is 0 Å². The summed E-state index contributed by atoms with van der Waals surface area (Å²) in [6.45, 7) is 1.74. The summed E-state index contributed by atoms with van der Waals surface area (Å²) in [6.07, 6.45) is 3.15. The van der Waals surface area contributed by atoms with Gasteiger partial charge in [0.1, 0.15) is 0 Å². The van der Waals surface area contributed by atoms with Crippen molar-refractivity contribution in [3.63, 3.8) is 0 Å². The average molecular weight is 238 g/mol. The van der Waals surface area contributed by atoms with Crippen LogP contribution in [0.25, 0.3) is 0 Å². The molecule has 0 aliphatic heterocycles.